The lowest BCUT2D eigenvalue weighted by Crippen LogP contribution is -2.41. The second kappa shape index (κ2) is 18.9. The van der Waals surface area contributed by atoms with Crippen molar-refractivity contribution in [1.82, 2.24) is 18.3 Å². The average Bonchev–Trinajstić information content (AvgIpc) is 1.80. The van der Waals surface area contributed by atoms with Gasteiger partial charge in [-0.05, 0) is 143 Å². The second-order valence-electron chi connectivity index (χ2n) is 24.2. The van der Waals surface area contributed by atoms with Crippen molar-refractivity contribution in [1.29, 1.82) is 0 Å². The maximum atomic E-state index is 6.72. The minimum absolute atomic E-state index is 0.442. The van der Waals surface area contributed by atoms with Crippen molar-refractivity contribution in [3.63, 3.8) is 0 Å². The quantitative estimate of drug-likeness (QED) is 0.161. The molecule has 0 bridgehead atoms. The molecule has 0 spiro atoms. The first-order chi connectivity index (χ1) is 42.7. The van der Waals surface area contributed by atoms with Crippen molar-refractivity contribution in [3.05, 3.63) is 261 Å². The van der Waals surface area contributed by atoms with Crippen molar-refractivity contribution in [3.8, 4) is 22.7 Å². The van der Waals surface area contributed by atoms with Gasteiger partial charge >= 0.3 is 7.12 Å². The molecule has 0 unspecified atom stereocenters. The molecule has 0 amide bonds. The van der Waals surface area contributed by atoms with E-state index in [4.69, 9.17) is 9.31 Å². The summed E-state index contributed by atoms with van der Waals surface area (Å²) in [6.45, 7) is 8.51. The molecule has 0 N–H and O–H groups in total. The highest BCUT2D eigenvalue weighted by Crippen LogP contribution is 2.47. The van der Waals surface area contributed by atoms with Gasteiger partial charge in [0.15, 0.2) is 0 Å². The highest BCUT2D eigenvalue weighted by atomic mass is 32.1. The summed E-state index contributed by atoms with van der Waals surface area (Å²) in [5.74, 6) is 0. The van der Waals surface area contributed by atoms with Gasteiger partial charge in [-0.1, -0.05) is 146 Å². The molecule has 6 aromatic heterocycles. The molecule has 1 saturated heterocycles. The lowest BCUT2D eigenvalue weighted by atomic mass is 9.78. The molecular weight excluding hydrogens is 1100 g/mol. The van der Waals surface area contributed by atoms with E-state index >= 15 is 0 Å². The van der Waals surface area contributed by atoms with Crippen LogP contribution in [0.4, 0.5) is 0 Å². The van der Waals surface area contributed by atoms with E-state index < -0.39 is 18.3 Å². The Morgan fingerprint density at radius 1 is 0.276 bits per heavy atom. The lowest BCUT2D eigenvalue weighted by Gasteiger charge is -2.32. The zero-order valence-corrected chi connectivity index (χ0v) is 50.0. The molecule has 7 heterocycles. The maximum Gasteiger partial charge on any atom is 0.496 e. The van der Waals surface area contributed by atoms with Crippen molar-refractivity contribution in [2.45, 2.75) is 38.9 Å². The number of para-hydroxylation sites is 6. The van der Waals surface area contributed by atoms with Crippen LogP contribution in [-0.4, -0.2) is 36.6 Å². The predicted molar refractivity (Wildman–Crippen MR) is 372 cm³/mol. The number of thiophene rings is 2. The summed E-state index contributed by atoms with van der Waals surface area (Å²) in [7, 11) is -0.478. The minimum Gasteiger partial charge on any atom is -0.399 e. The number of fused-ring (bicyclic) bond motifs is 20. The fraction of sp³-hybridized carbons (Fsp3) is 0.0769. The van der Waals surface area contributed by atoms with E-state index in [0.29, 0.717) is 0 Å². The third kappa shape index (κ3) is 7.41. The van der Waals surface area contributed by atoms with Crippen molar-refractivity contribution in [2.75, 3.05) is 0 Å². The Hall–Kier alpha value is -9.74. The second-order valence-corrected chi connectivity index (χ2v) is 26.3. The summed E-state index contributed by atoms with van der Waals surface area (Å²) >= 11 is 3.69. The van der Waals surface area contributed by atoms with Gasteiger partial charge in [0.05, 0.1) is 55.3 Å². The third-order valence-corrected chi connectivity index (χ3v) is 21.2. The molecule has 87 heavy (non-hydrogen) atoms. The van der Waals surface area contributed by atoms with Crippen LogP contribution in [0.1, 0.15) is 27.7 Å². The molecule has 0 saturated carbocycles. The van der Waals surface area contributed by atoms with Crippen LogP contribution in [0.15, 0.2) is 261 Å². The van der Waals surface area contributed by atoms with E-state index in [1.54, 1.807) is 0 Å². The van der Waals surface area contributed by atoms with E-state index in [-0.39, 0.29) is 0 Å². The van der Waals surface area contributed by atoms with Crippen LogP contribution in [0.3, 0.4) is 0 Å². The Labute approximate surface area is 509 Å². The fourth-order valence-corrected chi connectivity index (χ4v) is 16.6. The van der Waals surface area contributed by atoms with Gasteiger partial charge < -0.3 is 27.6 Å². The molecule has 18 aromatic rings. The number of hydrogen-bond acceptors (Lipinski definition) is 4. The van der Waals surface area contributed by atoms with Gasteiger partial charge in [0.2, 0.25) is 0 Å². The van der Waals surface area contributed by atoms with Crippen LogP contribution in [0.25, 0.3) is 150 Å². The first kappa shape index (κ1) is 50.6. The topological polar surface area (TPSA) is 38.2 Å². The van der Waals surface area contributed by atoms with Gasteiger partial charge in [0.25, 0.3) is 0 Å². The Morgan fingerprint density at radius 2 is 0.621 bits per heavy atom. The number of nitrogens with zero attached hydrogens (tertiary/aromatic N) is 4. The number of benzene rings is 12. The number of rotatable bonds is 5. The molecule has 1 aliphatic heterocycles. The van der Waals surface area contributed by atoms with Crippen molar-refractivity contribution < 1.29 is 9.31 Å². The summed E-state index contributed by atoms with van der Waals surface area (Å²) in [4.78, 5) is 0. The molecule has 12 aromatic carbocycles. The summed E-state index contributed by atoms with van der Waals surface area (Å²) in [6.07, 6.45) is 0. The van der Waals surface area contributed by atoms with Crippen LogP contribution in [0.5, 0.6) is 0 Å². The van der Waals surface area contributed by atoms with Crippen LogP contribution in [-0.2, 0) is 9.31 Å². The molecule has 9 heteroatoms. The molecular formula is C78H55BN4O2S2. The normalized spacial score (nSPS) is 14.3. The lowest BCUT2D eigenvalue weighted by molar-refractivity contribution is 0.00578. The largest absolute Gasteiger partial charge is 0.496 e. The number of aromatic nitrogens is 4. The van der Waals surface area contributed by atoms with Gasteiger partial charge in [0.1, 0.15) is 0 Å². The Bertz CT molecular complexity index is 5850. The van der Waals surface area contributed by atoms with Gasteiger partial charge in [-0.25, -0.2) is 0 Å². The van der Waals surface area contributed by atoms with Gasteiger partial charge in [0, 0.05) is 112 Å². The van der Waals surface area contributed by atoms with Crippen LogP contribution in [0.2, 0.25) is 0 Å². The maximum absolute atomic E-state index is 6.72. The van der Waals surface area contributed by atoms with Crippen molar-refractivity contribution >= 4 is 163 Å². The zero-order valence-electron chi connectivity index (χ0n) is 48.3. The molecule has 0 atom stereocenters. The van der Waals surface area contributed by atoms with E-state index in [1.807, 2.05) is 22.7 Å². The molecule has 1 aliphatic rings. The predicted octanol–water partition coefficient (Wildman–Crippen LogP) is 20.8. The van der Waals surface area contributed by atoms with Gasteiger partial charge in [-0.2, -0.15) is 0 Å². The van der Waals surface area contributed by atoms with E-state index in [0.717, 1.165) is 16.8 Å². The Balaban J connectivity index is 0.000000134. The fourth-order valence-electron chi connectivity index (χ4n) is 14.3. The Morgan fingerprint density at radius 3 is 1.08 bits per heavy atom. The van der Waals surface area contributed by atoms with Gasteiger partial charge in [-0.15, -0.1) is 22.7 Å². The molecule has 6 nitrogen and oxygen atoms in total. The monoisotopic (exact) mass is 1150 g/mol. The average molecular weight is 1160 g/mol. The smallest absolute Gasteiger partial charge is 0.399 e. The van der Waals surface area contributed by atoms with E-state index in [9.17, 15) is 0 Å². The molecule has 414 valence electrons. The van der Waals surface area contributed by atoms with Crippen LogP contribution in [0, 0.1) is 0 Å². The zero-order chi connectivity index (χ0) is 57.9. The summed E-state index contributed by atoms with van der Waals surface area (Å²) in [5, 5.41) is 15.3. The molecule has 19 rings (SSSR count). The van der Waals surface area contributed by atoms with Crippen LogP contribution >= 0.6 is 22.7 Å². The summed E-state index contributed by atoms with van der Waals surface area (Å²) in [5.41, 5.74) is 14.5. The summed E-state index contributed by atoms with van der Waals surface area (Å²) < 4.78 is 28.3. The SMILES string of the molecule is CC1(C)OB(c2cc(-n3c4ccccc4c4c5c6ccccc6n(-c6ccccc6)c5ccc43)cc3c2sc2ccccc23)OC1(C)C.c1ccc(-n2c3ccccc3c3c4c5ccccc5n(-c5ccc6sc7ccccc7c6c5)c4ccc32)cc1. The Kier molecular flexibility index (Phi) is 11.0. The first-order valence-electron chi connectivity index (χ1n) is 29.9. The molecule has 0 aliphatic carbocycles. The highest BCUT2D eigenvalue weighted by molar-refractivity contribution is 7.27. The van der Waals surface area contributed by atoms with E-state index in [1.165, 1.54) is 139 Å². The minimum atomic E-state index is -0.478. The van der Waals surface area contributed by atoms with Crippen LogP contribution < -0.4 is 5.46 Å². The number of hydrogen-bond donors (Lipinski definition) is 0. The van der Waals surface area contributed by atoms with Crippen molar-refractivity contribution in [2.24, 2.45) is 0 Å². The highest BCUT2D eigenvalue weighted by Gasteiger charge is 2.52. The molecule has 1 fully saturated rings. The first-order valence-corrected chi connectivity index (χ1v) is 31.6. The molecule has 0 radical (unpaired) electrons. The van der Waals surface area contributed by atoms with E-state index in [2.05, 4.69) is 307 Å². The summed E-state index contributed by atoms with van der Waals surface area (Å²) in [6, 6.07) is 95.0. The standard InChI is InChI=1S/C42H33BN2O2S.C36H22N2S/c1-41(2)42(3,4)47-43(46-41)32-25-27(24-31-28-16-10-13-21-37(28)48-40(31)32)45-34-20-12-9-18-30(34)39-36(45)23-22-35-38(39)29-17-8-11-19-33(29)44(35)26-14-6-5-7-15-26;1-2-10-23(11-3-1)37-29-15-7-4-13-26(29)35-31(37)19-20-32-36(35)27-14-5-8-16-30(27)38(32)24-18-21-34-28(22-24)25-12-6-9-17-33(25)39-34/h5-25H,1-4H3;1-22H. The third-order valence-electron chi connectivity index (χ3n) is 18.8. The van der Waals surface area contributed by atoms with Gasteiger partial charge in [-0.3, -0.25) is 0 Å².